The zero-order valence-corrected chi connectivity index (χ0v) is 13.0. The summed E-state index contributed by atoms with van der Waals surface area (Å²) in [5.74, 6) is 0.892. The first kappa shape index (κ1) is 14.6. The van der Waals surface area contributed by atoms with Crippen LogP contribution in [0.3, 0.4) is 0 Å². The van der Waals surface area contributed by atoms with E-state index in [0.717, 1.165) is 45.2 Å². The second kappa shape index (κ2) is 6.61. The summed E-state index contributed by atoms with van der Waals surface area (Å²) in [5.41, 5.74) is 2.79. The van der Waals surface area contributed by atoms with Crippen LogP contribution in [0.1, 0.15) is 49.3 Å². The summed E-state index contributed by atoms with van der Waals surface area (Å²) in [4.78, 5) is 14.6. The van der Waals surface area contributed by atoms with Crippen molar-refractivity contribution >= 4 is 5.91 Å². The van der Waals surface area contributed by atoms with Crippen molar-refractivity contribution in [3.05, 3.63) is 35.4 Å². The molecule has 1 heterocycles. The summed E-state index contributed by atoms with van der Waals surface area (Å²) in [6.07, 6.45) is 6.44. The molecule has 114 valence electrons. The van der Waals surface area contributed by atoms with E-state index in [2.05, 4.69) is 29.6 Å². The number of piperidine rings is 1. The van der Waals surface area contributed by atoms with Crippen molar-refractivity contribution in [2.45, 2.75) is 44.6 Å². The van der Waals surface area contributed by atoms with E-state index in [1.807, 2.05) is 11.9 Å². The van der Waals surface area contributed by atoms with E-state index in [9.17, 15) is 4.79 Å². The molecular formula is C18H26N2O. The number of benzene rings is 1. The van der Waals surface area contributed by atoms with Crippen LogP contribution in [0.2, 0.25) is 0 Å². The van der Waals surface area contributed by atoms with Crippen molar-refractivity contribution in [2.75, 3.05) is 20.1 Å². The second-order valence-electron chi connectivity index (χ2n) is 6.51. The van der Waals surface area contributed by atoms with Crippen LogP contribution >= 0.6 is 0 Å². The maximum atomic E-state index is 12.6. The zero-order chi connectivity index (χ0) is 14.7. The molecule has 1 unspecified atom stereocenters. The lowest BCUT2D eigenvalue weighted by molar-refractivity contribution is -0.133. The first-order valence-corrected chi connectivity index (χ1v) is 8.30. The number of nitrogens with zero attached hydrogens (tertiary/aromatic N) is 1. The van der Waals surface area contributed by atoms with Gasteiger partial charge in [-0.2, -0.15) is 0 Å². The highest BCUT2D eigenvalue weighted by Crippen LogP contribution is 2.34. The molecule has 1 amide bonds. The maximum Gasteiger partial charge on any atom is 0.223 e. The molecule has 0 saturated carbocycles. The van der Waals surface area contributed by atoms with Gasteiger partial charge in [-0.25, -0.2) is 0 Å². The minimum absolute atomic E-state index is 0.282. The van der Waals surface area contributed by atoms with Crippen LogP contribution < -0.4 is 5.32 Å². The van der Waals surface area contributed by atoms with E-state index in [1.165, 1.54) is 17.5 Å². The molecule has 1 aliphatic carbocycles. The van der Waals surface area contributed by atoms with E-state index in [1.54, 1.807) is 0 Å². The van der Waals surface area contributed by atoms with Crippen molar-refractivity contribution < 1.29 is 4.79 Å². The third kappa shape index (κ3) is 3.29. The molecule has 1 aliphatic heterocycles. The van der Waals surface area contributed by atoms with E-state index < -0.39 is 0 Å². The zero-order valence-electron chi connectivity index (χ0n) is 13.0. The Bertz CT molecular complexity index is 494. The third-order valence-electron chi connectivity index (χ3n) is 5.12. The van der Waals surface area contributed by atoms with Gasteiger partial charge in [-0.15, -0.1) is 0 Å². The summed E-state index contributed by atoms with van der Waals surface area (Å²) in [6.45, 7) is 2.13. The molecule has 0 radical (unpaired) electrons. The van der Waals surface area contributed by atoms with E-state index in [0.29, 0.717) is 11.8 Å². The molecule has 3 rings (SSSR count). The van der Waals surface area contributed by atoms with E-state index >= 15 is 0 Å². The Hall–Kier alpha value is -1.35. The predicted molar refractivity (Wildman–Crippen MR) is 85.1 cm³/mol. The number of carbonyl (C=O) groups is 1. The first-order valence-electron chi connectivity index (χ1n) is 8.30. The number of hydrogen-bond acceptors (Lipinski definition) is 2. The van der Waals surface area contributed by atoms with Crippen LogP contribution in [-0.4, -0.2) is 30.9 Å². The fraction of sp³-hybridized carbons (Fsp3) is 0.611. The molecule has 0 aromatic heterocycles. The minimum Gasteiger partial charge on any atom is -0.339 e. The van der Waals surface area contributed by atoms with Gasteiger partial charge in [0.2, 0.25) is 5.91 Å². The highest BCUT2D eigenvalue weighted by Gasteiger charge is 2.28. The SMILES string of the molecule is CN(C(=O)CC1CCNCC1)C1CCCc2ccccc21. The molecule has 1 fully saturated rings. The summed E-state index contributed by atoms with van der Waals surface area (Å²) in [6, 6.07) is 8.91. The van der Waals surface area contributed by atoms with Gasteiger partial charge in [-0.05, 0) is 62.2 Å². The highest BCUT2D eigenvalue weighted by atomic mass is 16.2. The molecule has 3 nitrogen and oxygen atoms in total. The van der Waals surface area contributed by atoms with Gasteiger partial charge in [0.05, 0.1) is 6.04 Å². The van der Waals surface area contributed by atoms with Crippen LogP contribution in [0.5, 0.6) is 0 Å². The van der Waals surface area contributed by atoms with Gasteiger partial charge in [0.25, 0.3) is 0 Å². The lowest BCUT2D eigenvalue weighted by atomic mass is 9.86. The van der Waals surface area contributed by atoms with Crippen LogP contribution in [-0.2, 0) is 11.2 Å². The Kier molecular flexibility index (Phi) is 4.59. The van der Waals surface area contributed by atoms with Crippen molar-refractivity contribution in [3.8, 4) is 0 Å². The van der Waals surface area contributed by atoms with Crippen molar-refractivity contribution in [1.29, 1.82) is 0 Å². The molecular weight excluding hydrogens is 260 g/mol. The molecule has 1 N–H and O–H groups in total. The van der Waals surface area contributed by atoms with Gasteiger partial charge in [-0.3, -0.25) is 4.79 Å². The second-order valence-corrected chi connectivity index (χ2v) is 6.51. The van der Waals surface area contributed by atoms with Crippen molar-refractivity contribution in [2.24, 2.45) is 5.92 Å². The number of rotatable bonds is 3. The lowest BCUT2D eigenvalue weighted by Gasteiger charge is -2.34. The van der Waals surface area contributed by atoms with Crippen molar-refractivity contribution in [3.63, 3.8) is 0 Å². The van der Waals surface area contributed by atoms with Gasteiger partial charge in [0.15, 0.2) is 0 Å². The molecule has 1 aromatic rings. The monoisotopic (exact) mass is 286 g/mol. The van der Waals surface area contributed by atoms with Gasteiger partial charge in [0.1, 0.15) is 0 Å². The maximum absolute atomic E-state index is 12.6. The normalized spacial score (nSPS) is 22.6. The third-order valence-corrected chi connectivity index (χ3v) is 5.12. The molecule has 1 saturated heterocycles. The Morgan fingerprint density at radius 1 is 1.24 bits per heavy atom. The molecule has 2 aliphatic rings. The van der Waals surface area contributed by atoms with Crippen LogP contribution in [0, 0.1) is 5.92 Å². The Morgan fingerprint density at radius 2 is 2.00 bits per heavy atom. The van der Waals surface area contributed by atoms with E-state index in [-0.39, 0.29) is 6.04 Å². The summed E-state index contributed by atoms with van der Waals surface area (Å²) in [7, 11) is 2.00. The number of fused-ring (bicyclic) bond motifs is 1. The topological polar surface area (TPSA) is 32.3 Å². The Labute approximate surface area is 127 Å². The average Bonchev–Trinajstić information content (AvgIpc) is 2.54. The van der Waals surface area contributed by atoms with Crippen LogP contribution in [0.15, 0.2) is 24.3 Å². The quantitative estimate of drug-likeness (QED) is 0.926. The Morgan fingerprint density at radius 3 is 2.81 bits per heavy atom. The van der Waals surface area contributed by atoms with Gasteiger partial charge in [0, 0.05) is 13.5 Å². The van der Waals surface area contributed by atoms with Gasteiger partial charge in [-0.1, -0.05) is 24.3 Å². The van der Waals surface area contributed by atoms with E-state index in [4.69, 9.17) is 0 Å². The lowest BCUT2D eigenvalue weighted by Crippen LogP contribution is -2.36. The number of nitrogens with one attached hydrogen (secondary N) is 1. The largest absolute Gasteiger partial charge is 0.339 e. The number of amides is 1. The van der Waals surface area contributed by atoms with Gasteiger partial charge >= 0.3 is 0 Å². The molecule has 3 heteroatoms. The van der Waals surface area contributed by atoms with Crippen LogP contribution in [0.25, 0.3) is 0 Å². The smallest absolute Gasteiger partial charge is 0.223 e. The number of aryl methyl sites for hydroxylation is 1. The van der Waals surface area contributed by atoms with Crippen LogP contribution in [0.4, 0.5) is 0 Å². The molecule has 1 aromatic carbocycles. The first-order chi connectivity index (χ1) is 10.3. The fourth-order valence-corrected chi connectivity index (χ4v) is 3.78. The highest BCUT2D eigenvalue weighted by molar-refractivity contribution is 5.76. The Balaban J connectivity index is 1.67. The number of carbonyl (C=O) groups excluding carboxylic acids is 1. The summed E-state index contributed by atoms with van der Waals surface area (Å²) < 4.78 is 0. The summed E-state index contributed by atoms with van der Waals surface area (Å²) in [5, 5.41) is 3.37. The number of hydrogen-bond donors (Lipinski definition) is 1. The van der Waals surface area contributed by atoms with Gasteiger partial charge < -0.3 is 10.2 Å². The molecule has 21 heavy (non-hydrogen) atoms. The molecule has 1 atom stereocenters. The standard InChI is InChI=1S/C18H26N2O/c1-20(18(21)13-14-9-11-19-12-10-14)17-8-4-6-15-5-2-3-7-16(15)17/h2-3,5,7,14,17,19H,4,6,8-13H2,1H3. The fourth-order valence-electron chi connectivity index (χ4n) is 3.78. The average molecular weight is 286 g/mol. The molecule has 0 spiro atoms. The van der Waals surface area contributed by atoms with Crippen molar-refractivity contribution in [1.82, 2.24) is 10.2 Å². The summed E-state index contributed by atoms with van der Waals surface area (Å²) >= 11 is 0. The predicted octanol–water partition coefficient (Wildman–Crippen LogP) is 2.91. The molecule has 0 bridgehead atoms. The minimum atomic E-state index is 0.282.